The standard InChI is InChI=1S/C15H27NO4/c1-9-8-16(12(19)20)15(11(17)18,14(5,6)7)10(9)13(2,3)4/h9-10H,8H2,1-7H3,(H,17,18)(H,19,20)/t9-,10?,15-/m1/s1. The second kappa shape index (κ2) is 4.64. The normalized spacial score (nSPS) is 31.4. The van der Waals surface area contributed by atoms with Crippen molar-refractivity contribution in [2.45, 2.75) is 54.0 Å². The fourth-order valence-corrected chi connectivity index (χ4v) is 4.27. The van der Waals surface area contributed by atoms with E-state index in [1.807, 2.05) is 48.5 Å². The molecular weight excluding hydrogens is 258 g/mol. The van der Waals surface area contributed by atoms with Gasteiger partial charge in [-0.05, 0) is 16.7 Å². The Morgan fingerprint density at radius 2 is 1.55 bits per heavy atom. The summed E-state index contributed by atoms with van der Waals surface area (Å²) in [6.07, 6.45) is -1.15. The van der Waals surface area contributed by atoms with Crippen LogP contribution in [0.15, 0.2) is 0 Å². The summed E-state index contributed by atoms with van der Waals surface area (Å²) in [5, 5.41) is 19.5. The Bertz CT molecular complexity index is 419. The SMILES string of the molecule is C[C@@H]1CN(C(=O)O)[C@](C(=O)O)(C(C)(C)C)C1C(C)(C)C. The first-order valence-corrected chi connectivity index (χ1v) is 7.02. The monoisotopic (exact) mass is 285 g/mol. The molecule has 5 heteroatoms. The maximum Gasteiger partial charge on any atom is 0.408 e. The third-order valence-electron chi connectivity index (χ3n) is 4.55. The summed E-state index contributed by atoms with van der Waals surface area (Å²) in [5.74, 6) is -1.29. The summed E-state index contributed by atoms with van der Waals surface area (Å²) in [4.78, 5) is 25.0. The molecule has 5 nitrogen and oxygen atoms in total. The van der Waals surface area contributed by atoms with Crippen molar-refractivity contribution in [2.75, 3.05) is 6.54 Å². The van der Waals surface area contributed by atoms with Gasteiger partial charge in [0.05, 0.1) is 0 Å². The number of amides is 1. The Labute approximate surface area is 121 Å². The molecular formula is C15H27NO4. The molecule has 1 rings (SSSR count). The van der Waals surface area contributed by atoms with Crippen molar-refractivity contribution < 1.29 is 19.8 Å². The van der Waals surface area contributed by atoms with Crippen molar-refractivity contribution in [1.82, 2.24) is 4.90 Å². The van der Waals surface area contributed by atoms with E-state index < -0.39 is 23.0 Å². The zero-order valence-electron chi connectivity index (χ0n) is 13.5. The van der Waals surface area contributed by atoms with Crippen molar-refractivity contribution in [3.05, 3.63) is 0 Å². The molecule has 1 heterocycles. The first-order valence-electron chi connectivity index (χ1n) is 7.02. The van der Waals surface area contributed by atoms with Crippen LogP contribution >= 0.6 is 0 Å². The second-order valence-electron chi connectivity index (χ2n) is 8.04. The lowest BCUT2D eigenvalue weighted by Gasteiger charge is -2.51. The van der Waals surface area contributed by atoms with Crippen LogP contribution in [0.25, 0.3) is 0 Å². The first-order chi connectivity index (χ1) is 8.77. The Morgan fingerprint density at radius 1 is 1.10 bits per heavy atom. The van der Waals surface area contributed by atoms with Crippen LogP contribution in [0, 0.1) is 22.7 Å². The molecule has 0 spiro atoms. The van der Waals surface area contributed by atoms with E-state index in [0.717, 1.165) is 4.90 Å². The van der Waals surface area contributed by atoms with Crippen LogP contribution in [0.2, 0.25) is 0 Å². The highest BCUT2D eigenvalue weighted by Crippen LogP contribution is 2.55. The van der Waals surface area contributed by atoms with Crippen molar-refractivity contribution in [2.24, 2.45) is 22.7 Å². The maximum absolute atomic E-state index is 12.2. The Balaban J connectivity index is 3.66. The molecule has 1 aliphatic heterocycles. The number of hydrogen-bond donors (Lipinski definition) is 2. The summed E-state index contributed by atoms with van der Waals surface area (Å²) >= 11 is 0. The van der Waals surface area contributed by atoms with Gasteiger partial charge in [0.15, 0.2) is 5.54 Å². The van der Waals surface area contributed by atoms with Gasteiger partial charge < -0.3 is 10.2 Å². The molecule has 1 amide bonds. The van der Waals surface area contributed by atoms with Crippen molar-refractivity contribution in [3.63, 3.8) is 0 Å². The second-order valence-corrected chi connectivity index (χ2v) is 8.04. The molecule has 1 aliphatic rings. The van der Waals surface area contributed by atoms with Crippen LogP contribution in [0.5, 0.6) is 0 Å². The van der Waals surface area contributed by atoms with Crippen LogP contribution < -0.4 is 0 Å². The third kappa shape index (κ3) is 2.17. The minimum atomic E-state index is -1.41. The van der Waals surface area contributed by atoms with Gasteiger partial charge in [0.25, 0.3) is 0 Å². The van der Waals surface area contributed by atoms with Gasteiger partial charge in [0, 0.05) is 12.5 Å². The average molecular weight is 285 g/mol. The minimum absolute atomic E-state index is 0.00132. The number of aliphatic carboxylic acids is 1. The van der Waals surface area contributed by atoms with Gasteiger partial charge >= 0.3 is 12.1 Å². The lowest BCUT2D eigenvalue weighted by Crippen LogP contribution is -2.66. The number of carbonyl (C=O) groups is 2. The van der Waals surface area contributed by atoms with E-state index in [-0.39, 0.29) is 23.8 Å². The highest BCUT2D eigenvalue weighted by Gasteiger charge is 2.67. The predicted molar refractivity (Wildman–Crippen MR) is 76.7 cm³/mol. The van der Waals surface area contributed by atoms with E-state index in [4.69, 9.17) is 0 Å². The predicted octanol–water partition coefficient (Wildman–Crippen LogP) is 3.15. The zero-order chi connectivity index (χ0) is 16.1. The third-order valence-corrected chi connectivity index (χ3v) is 4.55. The molecule has 0 aromatic heterocycles. The topological polar surface area (TPSA) is 77.8 Å². The summed E-state index contributed by atoms with van der Waals surface area (Å²) in [6, 6.07) is 0. The van der Waals surface area contributed by atoms with E-state index in [2.05, 4.69) is 0 Å². The Morgan fingerprint density at radius 3 is 1.80 bits per heavy atom. The molecule has 1 fully saturated rings. The smallest absolute Gasteiger partial charge is 0.408 e. The zero-order valence-corrected chi connectivity index (χ0v) is 13.5. The number of carboxylic acid groups (broad SMARTS) is 2. The largest absolute Gasteiger partial charge is 0.479 e. The Kier molecular flexibility index (Phi) is 3.89. The van der Waals surface area contributed by atoms with Crippen molar-refractivity contribution in [3.8, 4) is 0 Å². The van der Waals surface area contributed by atoms with Gasteiger partial charge in [-0.3, -0.25) is 4.90 Å². The van der Waals surface area contributed by atoms with Gasteiger partial charge in [-0.2, -0.15) is 0 Å². The molecule has 1 saturated heterocycles. The van der Waals surface area contributed by atoms with Crippen LogP contribution in [0.4, 0.5) is 4.79 Å². The molecule has 0 aromatic rings. The molecule has 0 saturated carbocycles. The number of nitrogens with zero attached hydrogens (tertiary/aromatic N) is 1. The first kappa shape index (κ1) is 16.8. The number of likely N-dealkylation sites (tertiary alicyclic amines) is 1. The fraction of sp³-hybridized carbons (Fsp3) is 0.867. The number of carboxylic acids is 1. The number of hydrogen-bond acceptors (Lipinski definition) is 2. The molecule has 0 aromatic carbocycles. The van der Waals surface area contributed by atoms with Crippen molar-refractivity contribution >= 4 is 12.1 Å². The lowest BCUT2D eigenvalue weighted by atomic mass is 9.57. The average Bonchev–Trinajstić information content (AvgIpc) is 2.50. The minimum Gasteiger partial charge on any atom is -0.479 e. The van der Waals surface area contributed by atoms with E-state index in [1.165, 1.54) is 0 Å². The molecule has 20 heavy (non-hydrogen) atoms. The van der Waals surface area contributed by atoms with Gasteiger partial charge in [-0.1, -0.05) is 48.5 Å². The summed E-state index contributed by atoms with van der Waals surface area (Å²) in [5.41, 5.74) is -2.40. The van der Waals surface area contributed by atoms with Gasteiger partial charge in [0.2, 0.25) is 0 Å². The van der Waals surface area contributed by atoms with Gasteiger partial charge in [-0.15, -0.1) is 0 Å². The van der Waals surface area contributed by atoms with E-state index in [1.54, 1.807) is 0 Å². The maximum atomic E-state index is 12.2. The summed E-state index contributed by atoms with van der Waals surface area (Å²) in [7, 11) is 0. The van der Waals surface area contributed by atoms with Crippen LogP contribution in [0.1, 0.15) is 48.5 Å². The molecule has 0 bridgehead atoms. The van der Waals surface area contributed by atoms with Gasteiger partial charge in [-0.25, -0.2) is 9.59 Å². The molecule has 116 valence electrons. The molecule has 1 unspecified atom stereocenters. The summed E-state index contributed by atoms with van der Waals surface area (Å²) in [6.45, 7) is 13.6. The van der Waals surface area contributed by atoms with E-state index in [0.29, 0.717) is 0 Å². The molecule has 0 radical (unpaired) electrons. The van der Waals surface area contributed by atoms with Gasteiger partial charge in [0.1, 0.15) is 0 Å². The molecule has 0 aliphatic carbocycles. The number of rotatable bonds is 1. The quantitative estimate of drug-likeness (QED) is 0.775. The van der Waals surface area contributed by atoms with Crippen molar-refractivity contribution in [1.29, 1.82) is 0 Å². The lowest BCUT2D eigenvalue weighted by molar-refractivity contribution is -0.164. The Hall–Kier alpha value is -1.26. The molecule has 2 N–H and O–H groups in total. The van der Waals surface area contributed by atoms with E-state index >= 15 is 0 Å². The summed E-state index contributed by atoms with van der Waals surface area (Å²) < 4.78 is 0. The highest BCUT2D eigenvalue weighted by molar-refractivity contribution is 5.86. The van der Waals surface area contributed by atoms with E-state index in [9.17, 15) is 19.8 Å². The highest BCUT2D eigenvalue weighted by atomic mass is 16.4. The molecule has 3 atom stereocenters. The van der Waals surface area contributed by atoms with Crippen LogP contribution in [-0.2, 0) is 4.79 Å². The van der Waals surface area contributed by atoms with Crippen LogP contribution in [0.3, 0.4) is 0 Å². The van der Waals surface area contributed by atoms with Crippen LogP contribution in [-0.4, -0.2) is 39.3 Å². The fourth-order valence-electron chi connectivity index (χ4n) is 4.27.